The van der Waals surface area contributed by atoms with E-state index >= 15 is 0 Å². The van der Waals surface area contributed by atoms with Gasteiger partial charge in [-0.05, 0) is 48.9 Å². The zero-order chi connectivity index (χ0) is 21.6. The number of hydrogen-bond donors (Lipinski definition) is 2. The Morgan fingerprint density at radius 3 is 2.58 bits per heavy atom. The van der Waals surface area contributed by atoms with E-state index < -0.39 is 10.0 Å². The summed E-state index contributed by atoms with van der Waals surface area (Å²) in [6, 6.07) is 11.7. The van der Waals surface area contributed by atoms with Gasteiger partial charge in [-0.1, -0.05) is 11.6 Å². The number of sulfonamides is 1. The molecule has 2 aromatic carbocycles. The molecule has 0 unspecified atom stereocenters. The lowest BCUT2D eigenvalue weighted by Crippen LogP contribution is -2.41. The second-order valence-corrected chi connectivity index (χ2v) is 9.76. The zero-order valence-corrected chi connectivity index (χ0v) is 17.9. The van der Waals surface area contributed by atoms with Crippen LogP contribution in [0.5, 0.6) is 0 Å². The van der Waals surface area contributed by atoms with Crippen LogP contribution in [-0.4, -0.2) is 41.7 Å². The minimum absolute atomic E-state index is 0.158. The Labute approximate surface area is 184 Å². The molecule has 1 aromatic heterocycles. The minimum atomic E-state index is -3.43. The Bertz CT molecular complexity index is 1290. The van der Waals surface area contributed by atoms with Crippen molar-refractivity contribution in [3.05, 3.63) is 59.2 Å². The van der Waals surface area contributed by atoms with E-state index in [9.17, 15) is 13.2 Å². The summed E-state index contributed by atoms with van der Waals surface area (Å²) < 4.78 is 26.4. The summed E-state index contributed by atoms with van der Waals surface area (Å²) in [6.07, 6.45) is 2.67. The molecule has 0 saturated carbocycles. The number of nitrogens with zero attached hydrogens (tertiary/aromatic N) is 3. The van der Waals surface area contributed by atoms with Gasteiger partial charge in [-0.25, -0.2) is 18.4 Å². The van der Waals surface area contributed by atoms with Crippen LogP contribution in [0, 0.1) is 0 Å². The molecule has 158 valence electrons. The summed E-state index contributed by atoms with van der Waals surface area (Å²) in [4.78, 5) is 21.4. The minimum Gasteiger partial charge on any atom is -0.325 e. The number of halogens is 1. The van der Waals surface area contributed by atoms with E-state index in [-0.39, 0.29) is 17.2 Å². The Morgan fingerprint density at radius 2 is 1.87 bits per heavy atom. The molecule has 10 heteroatoms. The summed E-state index contributed by atoms with van der Waals surface area (Å²) in [5.41, 5.74) is 3.36. The van der Waals surface area contributed by atoms with E-state index in [0.717, 1.165) is 12.0 Å². The normalized spacial score (nSPS) is 15.8. The van der Waals surface area contributed by atoms with Crippen LogP contribution in [0.3, 0.4) is 0 Å². The van der Waals surface area contributed by atoms with Crippen molar-refractivity contribution in [3.63, 3.8) is 0 Å². The van der Waals surface area contributed by atoms with Crippen molar-refractivity contribution in [2.24, 2.45) is 0 Å². The molecule has 0 bridgehead atoms. The molecule has 2 aliphatic rings. The molecule has 3 aromatic rings. The van der Waals surface area contributed by atoms with Gasteiger partial charge in [0.2, 0.25) is 21.9 Å². The number of amides is 1. The van der Waals surface area contributed by atoms with Gasteiger partial charge in [0, 0.05) is 41.1 Å². The van der Waals surface area contributed by atoms with Crippen molar-refractivity contribution >= 4 is 44.9 Å². The summed E-state index contributed by atoms with van der Waals surface area (Å²) in [7, 11) is -3.43. The molecule has 8 nitrogen and oxygen atoms in total. The van der Waals surface area contributed by atoms with Crippen LogP contribution in [0.15, 0.2) is 53.6 Å². The second-order valence-electron chi connectivity index (χ2n) is 7.39. The van der Waals surface area contributed by atoms with Crippen molar-refractivity contribution in [2.75, 3.05) is 23.7 Å². The average Bonchev–Trinajstić information content (AvgIpc) is 2.81. The van der Waals surface area contributed by atoms with E-state index in [4.69, 9.17) is 11.6 Å². The maximum absolute atomic E-state index is 12.5. The summed E-state index contributed by atoms with van der Waals surface area (Å²) in [6.45, 7) is 1.13. The molecule has 1 saturated heterocycles. The third kappa shape index (κ3) is 3.76. The number of benzene rings is 2. The van der Waals surface area contributed by atoms with Gasteiger partial charge in [-0.2, -0.15) is 4.31 Å². The maximum Gasteiger partial charge on any atom is 0.243 e. The Balaban J connectivity index is 1.44. The standard InChI is InChI=1S/C21H18ClN5O3S/c22-14-2-7-17-18(11-14)25-19(28)10-13-12-23-21(26-20(13)17)24-15-3-5-16(6-4-15)31(29,30)27-8-1-9-27/h2-7,11-12H,1,8-10H2,(H,25,28)(H,23,24,26). The molecular formula is C21H18ClN5O3S. The van der Waals surface area contributed by atoms with Crippen molar-refractivity contribution < 1.29 is 13.2 Å². The fourth-order valence-corrected chi connectivity index (χ4v) is 5.23. The van der Waals surface area contributed by atoms with Crippen LogP contribution in [0.2, 0.25) is 5.02 Å². The summed E-state index contributed by atoms with van der Waals surface area (Å²) >= 11 is 6.08. The van der Waals surface area contributed by atoms with Crippen LogP contribution in [0.1, 0.15) is 12.0 Å². The fourth-order valence-electron chi connectivity index (χ4n) is 3.54. The van der Waals surface area contributed by atoms with Crippen molar-refractivity contribution in [3.8, 4) is 11.3 Å². The van der Waals surface area contributed by atoms with E-state index in [1.807, 2.05) is 6.07 Å². The number of fused-ring (bicyclic) bond motifs is 3. The first-order chi connectivity index (χ1) is 14.9. The fraction of sp³-hybridized carbons (Fsp3) is 0.190. The Kier molecular flexibility index (Phi) is 4.88. The predicted octanol–water partition coefficient (Wildman–Crippen LogP) is 3.43. The van der Waals surface area contributed by atoms with Crippen LogP contribution in [-0.2, 0) is 21.2 Å². The van der Waals surface area contributed by atoms with Gasteiger partial charge in [-0.15, -0.1) is 0 Å². The molecule has 1 amide bonds. The third-order valence-corrected chi connectivity index (χ3v) is 7.44. The van der Waals surface area contributed by atoms with E-state index in [1.54, 1.807) is 42.6 Å². The second kappa shape index (κ2) is 7.60. The van der Waals surface area contributed by atoms with Crippen LogP contribution >= 0.6 is 11.6 Å². The summed E-state index contributed by atoms with van der Waals surface area (Å²) in [5, 5.41) is 6.46. The number of carbonyl (C=O) groups excluding carboxylic acids is 1. The van der Waals surface area contributed by atoms with Gasteiger partial charge in [0.25, 0.3) is 0 Å². The SMILES string of the molecule is O=C1Cc2cnc(Nc3ccc(S(=O)(=O)N4CCC4)cc3)nc2-c2ccc(Cl)cc2N1. The predicted molar refractivity (Wildman–Crippen MR) is 118 cm³/mol. The van der Waals surface area contributed by atoms with Crippen LogP contribution in [0.4, 0.5) is 17.3 Å². The maximum atomic E-state index is 12.5. The highest BCUT2D eigenvalue weighted by Crippen LogP contribution is 2.35. The lowest BCUT2D eigenvalue weighted by molar-refractivity contribution is -0.115. The summed E-state index contributed by atoms with van der Waals surface area (Å²) in [5.74, 6) is 0.179. The lowest BCUT2D eigenvalue weighted by Gasteiger charge is -2.29. The Hall–Kier alpha value is -3.01. The average molecular weight is 456 g/mol. The van der Waals surface area contributed by atoms with Crippen molar-refractivity contribution in [1.82, 2.24) is 14.3 Å². The first-order valence-corrected chi connectivity index (χ1v) is 11.5. The van der Waals surface area contributed by atoms with Crippen molar-refractivity contribution in [1.29, 1.82) is 0 Å². The molecule has 31 heavy (non-hydrogen) atoms. The third-order valence-electron chi connectivity index (χ3n) is 5.29. The highest BCUT2D eigenvalue weighted by atomic mass is 35.5. The van der Waals surface area contributed by atoms with Gasteiger partial charge < -0.3 is 10.6 Å². The van der Waals surface area contributed by atoms with E-state index in [2.05, 4.69) is 20.6 Å². The van der Waals surface area contributed by atoms with Crippen molar-refractivity contribution in [2.45, 2.75) is 17.7 Å². The van der Waals surface area contributed by atoms with Gasteiger partial charge in [0.1, 0.15) is 0 Å². The first-order valence-electron chi connectivity index (χ1n) is 9.73. The monoisotopic (exact) mass is 455 g/mol. The quantitative estimate of drug-likeness (QED) is 0.624. The molecule has 2 aliphatic heterocycles. The molecule has 0 aliphatic carbocycles. The largest absolute Gasteiger partial charge is 0.325 e. The number of nitrogens with one attached hydrogen (secondary N) is 2. The van der Waals surface area contributed by atoms with E-state index in [1.165, 1.54) is 4.31 Å². The lowest BCUT2D eigenvalue weighted by atomic mass is 10.1. The molecule has 1 fully saturated rings. The number of carbonyl (C=O) groups is 1. The molecule has 0 spiro atoms. The van der Waals surface area contributed by atoms with Gasteiger partial charge in [-0.3, -0.25) is 4.79 Å². The number of rotatable bonds is 4. The number of hydrogen-bond acceptors (Lipinski definition) is 6. The van der Waals surface area contributed by atoms with Crippen LogP contribution < -0.4 is 10.6 Å². The molecule has 3 heterocycles. The Morgan fingerprint density at radius 1 is 1.10 bits per heavy atom. The molecule has 0 radical (unpaired) electrons. The highest BCUT2D eigenvalue weighted by Gasteiger charge is 2.29. The van der Waals surface area contributed by atoms with Crippen LogP contribution in [0.25, 0.3) is 11.3 Å². The zero-order valence-electron chi connectivity index (χ0n) is 16.3. The molecular weight excluding hydrogens is 438 g/mol. The number of anilines is 3. The first kappa shape index (κ1) is 19.9. The smallest absolute Gasteiger partial charge is 0.243 e. The topological polar surface area (TPSA) is 104 Å². The molecule has 2 N–H and O–H groups in total. The van der Waals surface area contributed by atoms with Gasteiger partial charge in [0.15, 0.2) is 0 Å². The van der Waals surface area contributed by atoms with Gasteiger partial charge in [0.05, 0.1) is 22.7 Å². The highest BCUT2D eigenvalue weighted by molar-refractivity contribution is 7.89. The number of aromatic nitrogens is 2. The molecule has 5 rings (SSSR count). The van der Waals surface area contributed by atoms with E-state index in [0.29, 0.717) is 46.7 Å². The molecule has 0 atom stereocenters. The van der Waals surface area contributed by atoms with Gasteiger partial charge >= 0.3 is 0 Å².